The standard InChI is InChI=1S/C54H70ClF2N11O8S2/c1-31(2)75-19-18-66-43-12-11-34-20-37(43)39(49(66)38-22-36(25-59-47(38)32(3)73-7)65-16-14-63(5)15-17-65)24-54(56,57)29-76-52(71)40-10-9-13-68(62-40)51(70)41(23-46-60-42(34)28-77-46)61-50(69)48(33(4)74-8)64(6)53(72)67-27-35(55)21-44(67)45-26-58-30-78-45/h11-12,20,22,25-26,28,30-33,35,40-41,44,48,62H,9-10,13-19,21,23-24,27,29H2,1-8H3,(H,61,69)/t32-,33+,35+,40-,41-,44+,48-/m0/s1. The lowest BCUT2D eigenvalue weighted by Crippen LogP contribution is -2.63. The number of ether oxygens (including phenoxy) is 4. The molecule has 4 amide bonds. The van der Waals surface area contributed by atoms with Gasteiger partial charge in [-0.25, -0.2) is 24.0 Å². The van der Waals surface area contributed by atoms with Crippen molar-refractivity contribution in [2.75, 3.05) is 85.7 Å². The number of rotatable bonds is 14. The van der Waals surface area contributed by atoms with Crippen LogP contribution in [0.2, 0.25) is 0 Å². The Bertz CT molecular complexity index is 2940. The van der Waals surface area contributed by atoms with Gasteiger partial charge in [0.15, 0.2) is 6.61 Å². The maximum Gasteiger partial charge on any atom is 0.325 e. The van der Waals surface area contributed by atoms with Crippen LogP contribution in [0.25, 0.3) is 33.4 Å². The quantitative estimate of drug-likeness (QED) is 0.0860. The van der Waals surface area contributed by atoms with Crippen LogP contribution in [0.3, 0.4) is 0 Å². The van der Waals surface area contributed by atoms with Crippen LogP contribution in [0.15, 0.2) is 47.5 Å². The lowest BCUT2D eigenvalue weighted by molar-refractivity contribution is -0.162. The van der Waals surface area contributed by atoms with Crippen molar-refractivity contribution in [2.45, 2.75) is 120 Å². The molecule has 0 radical (unpaired) electrons. The third kappa shape index (κ3) is 12.5. The average molecular weight is 1140 g/mol. The number of likely N-dealkylation sites (N-methyl/N-ethyl adjacent to an activating group) is 2. The Morgan fingerprint density at radius 2 is 1.83 bits per heavy atom. The molecular formula is C54H70ClF2N11O8S2. The van der Waals surface area contributed by atoms with Crippen LogP contribution in [0.4, 0.5) is 19.3 Å². The molecule has 0 aliphatic carbocycles. The van der Waals surface area contributed by atoms with Crippen molar-refractivity contribution in [1.82, 2.24) is 50.0 Å². The van der Waals surface area contributed by atoms with E-state index in [4.69, 9.17) is 40.5 Å². The summed E-state index contributed by atoms with van der Waals surface area (Å²) in [7, 11) is 6.61. The second-order valence-corrected chi connectivity index (χ2v) is 23.4. The molecule has 8 heterocycles. The van der Waals surface area contributed by atoms with Crippen molar-refractivity contribution in [3.05, 3.63) is 68.7 Å². The minimum absolute atomic E-state index is 0.0744. The van der Waals surface area contributed by atoms with Gasteiger partial charge in [0.1, 0.15) is 18.1 Å². The van der Waals surface area contributed by atoms with E-state index in [0.29, 0.717) is 69.1 Å². The maximum absolute atomic E-state index is 17.1. The molecule has 24 heteroatoms. The number of hydrazine groups is 1. The molecule has 0 spiro atoms. The number of urea groups is 1. The van der Waals surface area contributed by atoms with Crippen molar-refractivity contribution >= 4 is 74.7 Å². The zero-order valence-corrected chi connectivity index (χ0v) is 47.8. The number of alkyl halides is 3. The first kappa shape index (κ1) is 57.3. The molecule has 3 fully saturated rings. The van der Waals surface area contributed by atoms with E-state index in [1.165, 1.54) is 46.7 Å². The van der Waals surface area contributed by atoms with Crippen LogP contribution >= 0.6 is 34.3 Å². The Labute approximate surface area is 466 Å². The molecular weight excluding hydrogens is 1070 g/mol. The van der Waals surface area contributed by atoms with Gasteiger partial charge in [-0.15, -0.1) is 34.3 Å². The van der Waals surface area contributed by atoms with Gasteiger partial charge in [-0.1, -0.05) is 6.07 Å². The predicted molar refractivity (Wildman–Crippen MR) is 295 cm³/mol. The highest BCUT2D eigenvalue weighted by atomic mass is 35.5. The molecule has 2 N–H and O–H groups in total. The Morgan fingerprint density at radius 1 is 1.05 bits per heavy atom. The molecule has 4 aliphatic rings. The monoisotopic (exact) mass is 1140 g/mol. The minimum Gasteiger partial charge on any atom is -0.458 e. The number of thiazole rings is 2. The number of aromatic nitrogens is 4. The van der Waals surface area contributed by atoms with Crippen LogP contribution in [0.1, 0.15) is 80.2 Å². The highest BCUT2D eigenvalue weighted by Crippen LogP contribution is 2.43. The number of hydrogen-bond acceptors (Lipinski definition) is 16. The van der Waals surface area contributed by atoms with Crippen molar-refractivity contribution in [3.8, 4) is 22.5 Å². The lowest BCUT2D eigenvalue weighted by atomic mass is 9.96. The van der Waals surface area contributed by atoms with E-state index in [1.54, 1.807) is 30.6 Å². The zero-order chi connectivity index (χ0) is 55.6. The van der Waals surface area contributed by atoms with Crippen LogP contribution in [-0.2, 0) is 52.7 Å². The summed E-state index contributed by atoms with van der Waals surface area (Å²) in [5.74, 6) is -5.82. The number of nitrogens with one attached hydrogen (secondary N) is 2. The molecule has 6 bridgehead atoms. The molecule has 3 saturated heterocycles. The van der Waals surface area contributed by atoms with Gasteiger partial charge >= 0.3 is 12.0 Å². The average Bonchev–Trinajstić information content (AvgIpc) is 4.37. The van der Waals surface area contributed by atoms with Gasteiger partial charge in [-0.3, -0.25) is 29.4 Å². The van der Waals surface area contributed by atoms with Crippen molar-refractivity contribution in [3.63, 3.8) is 0 Å². The number of amides is 4. The number of carbonyl (C=O) groups is 4. The summed E-state index contributed by atoms with van der Waals surface area (Å²) in [6.45, 7) is 10.3. The van der Waals surface area contributed by atoms with Gasteiger partial charge in [-0.05, 0) is 77.8 Å². The van der Waals surface area contributed by atoms with Crippen molar-refractivity contribution in [2.24, 2.45) is 0 Å². The number of piperazine rings is 1. The van der Waals surface area contributed by atoms with E-state index in [0.717, 1.165) is 36.7 Å². The van der Waals surface area contributed by atoms with Gasteiger partial charge in [0.2, 0.25) is 5.91 Å². The smallest absolute Gasteiger partial charge is 0.325 e. The lowest BCUT2D eigenvalue weighted by Gasteiger charge is -2.37. The SMILES string of the molecule is CO[C@@H](C)c1ncc(N2CCN(C)CC2)cc1-c1c2c3cc(ccc3n1CCOC(C)C)-c1csc(n1)C[C@H](NC(=O)[C@H]([C@@H](C)OC)N(C)C(=O)N1C[C@H](Cl)C[C@@H]1c1cncs1)C(=O)N1CCC[C@H](N1)C(=O)OCC(F)(F)C2. The largest absolute Gasteiger partial charge is 0.458 e. The topological polar surface area (TPSA) is 189 Å². The van der Waals surface area contributed by atoms with E-state index in [2.05, 4.69) is 32.6 Å². The first-order chi connectivity index (χ1) is 37.3. The Hall–Kier alpha value is -5.40. The van der Waals surface area contributed by atoms with Crippen LogP contribution in [0.5, 0.6) is 0 Å². The molecule has 0 unspecified atom stereocenters. The third-order valence-electron chi connectivity index (χ3n) is 15.2. The number of anilines is 1. The number of hydrogen-bond donors (Lipinski definition) is 2. The van der Waals surface area contributed by atoms with Gasteiger partial charge in [0.25, 0.3) is 11.8 Å². The second kappa shape index (κ2) is 24.5. The van der Waals surface area contributed by atoms with Crippen molar-refractivity contribution < 1.29 is 46.9 Å². The second-order valence-electron chi connectivity index (χ2n) is 21.0. The highest BCUT2D eigenvalue weighted by Gasteiger charge is 2.44. The van der Waals surface area contributed by atoms with Gasteiger partial charge in [0.05, 0.1) is 75.8 Å². The summed E-state index contributed by atoms with van der Waals surface area (Å²) >= 11 is 9.32. The highest BCUT2D eigenvalue weighted by molar-refractivity contribution is 7.10. The molecule has 4 aliphatic heterocycles. The molecule has 4 aromatic heterocycles. The normalized spacial score (nSPS) is 22.6. The van der Waals surface area contributed by atoms with E-state index in [-0.39, 0.29) is 50.1 Å². The number of nitrogens with zero attached hydrogens (tertiary/aromatic N) is 9. The van der Waals surface area contributed by atoms with E-state index < -0.39 is 73.1 Å². The fourth-order valence-electron chi connectivity index (χ4n) is 10.9. The van der Waals surface area contributed by atoms with Crippen LogP contribution < -0.4 is 15.6 Å². The number of pyridine rings is 1. The molecule has 0 saturated carbocycles. The van der Waals surface area contributed by atoms with Gasteiger partial charge < -0.3 is 48.4 Å². The summed E-state index contributed by atoms with van der Waals surface area (Å²) in [6.07, 6.45) is 2.21. The summed E-state index contributed by atoms with van der Waals surface area (Å²) in [4.78, 5) is 80.4. The molecule has 5 aromatic rings. The van der Waals surface area contributed by atoms with Crippen molar-refractivity contribution in [1.29, 1.82) is 0 Å². The number of likely N-dealkylation sites (tertiary alicyclic amines) is 1. The number of methoxy groups -OCH3 is 2. The molecule has 7 atom stereocenters. The van der Waals surface area contributed by atoms with E-state index >= 15 is 8.78 Å². The molecule has 1 aromatic carbocycles. The molecule has 422 valence electrons. The maximum atomic E-state index is 17.1. The Kier molecular flexibility index (Phi) is 18.0. The fraction of sp³-hybridized carbons (Fsp3) is 0.574. The van der Waals surface area contributed by atoms with Gasteiger partial charge in [-0.2, -0.15) is 0 Å². The fourth-order valence-corrected chi connectivity index (χ4v) is 12.8. The Balaban J connectivity index is 1.12. The van der Waals surface area contributed by atoms with Crippen LogP contribution in [0, 0.1) is 0 Å². The number of benzene rings is 1. The summed E-state index contributed by atoms with van der Waals surface area (Å²) in [6, 6.07) is 3.20. The number of esters is 1. The summed E-state index contributed by atoms with van der Waals surface area (Å²) in [5, 5.41) is 6.69. The number of fused-ring (bicyclic) bond motifs is 6. The molecule has 9 rings (SSSR count). The first-order valence-corrected chi connectivity index (χ1v) is 28.7. The number of cyclic esters (lactones) is 1. The third-order valence-corrected chi connectivity index (χ3v) is 17.3. The minimum atomic E-state index is -3.59. The zero-order valence-electron chi connectivity index (χ0n) is 45.4. The first-order valence-electron chi connectivity index (χ1n) is 26.5. The van der Waals surface area contributed by atoms with Gasteiger partial charge in [0, 0.05) is 118 Å². The summed E-state index contributed by atoms with van der Waals surface area (Å²) in [5.41, 5.74) is 9.34. The Morgan fingerprint density at radius 3 is 2.55 bits per heavy atom. The molecule has 19 nitrogen and oxygen atoms in total. The van der Waals surface area contributed by atoms with E-state index in [9.17, 15) is 19.2 Å². The molecule has 78 heavy (non-hydrogen) atoms. The summed E-state index contributed by atoms with van der Waals surface area (Å²) < 4.78 is 59.4. The predicted octanol–water partition coefficient (Wildman–Crippen LogP) is 6.93. The van der Waals surface area contributed by atoms with E-state index in [1.807, 2.05) is 61.2 Å². The number of carbonyl (C=O) groups excluding carboxylic acids is 4. The number of halogens is 3. The van der Waals surface area contributed by atoms with Crippen LogP contribution in [-0.4, -0.2) is 185 Å².